The molecular weight excluding hydrogens is 501 g/mol. The Balaban J connectivity index is 2.00. The Morgan fingerprint density at radius 3 is 2.62 bits per heavy atom. The molecule has 0 aliphatic heterocycles. The van der Waals surface area contributed by atoms with Gasteiger partial charge in [0.15, 0.2) is 5.82 Å². The lowest BCUT2D eigenvalue weighted by molar-refractivity contribution is -0.114. The van der Waals surface area contributed by atoms with E-state index >= 15 is 0 Å². The maximum absolute atomic E-state index is 13.0. The monoisotopic (exact) mass is 535 g/mol. The van der Waals surface area contributed by atoms with Gasteiger partial charge in [0.1, 0.15) is 18.6 Å². The number of halogens is 1. The predicted octanol–water partition coefficient (Wildman–Crippen LogP) is 4.22. The van der Waals surface area contributed by atoms with Gasteiger partial charge in [-0.05, 0) is 55.3 Å². The molecule has 0 radical (unpaired) electrons. The summed E-state index contributed by atoms with van der Waals surface area (Å²) in [4.78, 5) is 27.5. The number of hydrogen-bond acceptors (Lipinski definition) is 6. The van der Waals surface area contributed by atoms with E-state index in [9.17, 15) is 14.0 Å². The molecule has 2 unspecified atom stereocenters. The summed E-state index contributed by atoms with van der Waals surface area (Å²) in [5.41, 5.74) is 8.22. The average Bonchev–Trinajstić information content (AvgIpc) is 3.30. The first-order chi connectivity index (χ1) is 18.7. The fraction of sp³-hybridized carbons (Fsp3) is 0.286. The van der Waals surface area contributed by atoms with Crippen LogP contribution in [-0.2, 0) is 9.53 Å². The highest BCUT2D eigenvalue weighted by Crippen LogP contribution is 2.22. The molecular formula is C28H34FN7O3. The molecule has 206 valence electrons. The topological polar surface area (TPSA) is 151 Å². The van der Waals surface area contributed by atoms with E-state index in [2.05, 4.69) is 20.7 Å². The number of aromatic amines is 1. The number of ether oxygens (including phenoxy) is 1. The number of allylic oxidation sites excluding steroid dienone is 2. The maximum atomic E-state index is 13.0. The second-order valence-corrected chi connectivity index (χ2v) is 8.76. The Bertz CT molecular complexity index is 1390. The van der Waals surface area contributed by atoms with E-state index in [1.807, 2.05) is 32.1 Å². The van der Waals surface area contributed by atoms with Gasteiger partial charge in [-0.25, -0.2) is 9.18 Å². The molecule has 0 fully saturated rings. The number of para-hydroxylation sites is 2. The number of nitrogen functional groups attached to an aromatic ring is 1. The Labute approximate surface area is 226 Å². The third-order valence-corrected chi connectivity index (χ3v) is 5.71. The summed E-state index contributed by atoms with van der Waals surface area (Å²) >= 11 is 0. The molecule has 2 atom stereocenters. The van der Waals surface area contributed by atoms with Crippen LogP contribution in [0.2, 0.25) is 0 Å². The minimum atomic E-state index is -0.563. The number of nitrogens with two attached hydrogens (primary N) is 1. The van der Waals surface area contributed by atoms with Gasteiger partial charge in [-0.15, -0.1) is 5.10 Å². The largest absolute Gasteiger partial charge is 0.384 e. The normalized spacial score (nSPS) is 13.3. The number of rotatable bonds is 13. The van der Waals surface area contributed by atoms with Crippen molar-refractivity contribution in [3.05, 3.63) is 94.2 Å². The van der Waals surface area contributed by atoms with E-state index in [0.29, 0.717) is 34.9 Å². The molecule has 0 spiro atoms. The molecule has 1 amide bonds. The summed E-state index contributed by atoms with van der Waals surface area (Å²) in [6.45, 7) is 4.70. The van der Waals surface area contributed by atoms with Crippen LogP contribution in [0.1, 0.15) is 44.6 Å². The number of amides is 1. The van der Waals surface area contributed by atoms with Crippen molar-refractivity contribution in [3.63, 3.8) is 0 Å². The second-order valence-electron chi connectivity index (χ2n) is 8.76. The number of carbonyl (C=O) groups is 1. The van der Waals surface area contributed by atoms with Crippen LogP contribution in [-0.4, -0.2) is 45.9 Å². The summed E-state index contributed by atoms with van der Waals surface area (Å²) < 4.78 is 19.1. The zero-order valence-electron chi connectivity index (χ0n) is 22.2. The number of carbonyl (C=O) groups excluding carboxylic acids is 1. The van der Waals surface area contributed by atoms with E-state index in [-0.39, 0.29) is 24.5 Å². The molecule has 1 heterocycles. The van der Waals surface area contributed by atoms with E-state index in [1.165, 1.54) is 11.6 Å². The first-order valence-corrected chi connectivity index (χ1v) is 12.6. The first kappa shape index (κ1) is 29.1. The lowest BCUT2D eigenvalue weighted by Crippen LogP contribution is -2.18. The van der Waals surface area contributed by atoms with Gasteiger partial charge < -0.3 is 21.1 Å². The SMILES string of the molecule is CCC(=C/C(C)OCCF)/C=C/C(Nc1ccc(C(=N)N)cc1)c1nn(-c2ccccc2NC(C)=O)c(=O)[nH]1. The van der Waals surface area contributed by atoms with E-state index in [0.717, 1.165) is 5.57 Å². The minimum absolute atomic E-state index is 0.0252. The molecule has 39 heavy (non-hydrogen) atoms. The fourth-order valence-corrected chi connectivity index (χ4v) is 3.82. The van der Waals surface area contributed by atoms with Crippen LogP contribution in [0.3, 0.4) is 0 Å². The van der Waals surface area contributed by atoms with Crippen LogP contribution in [0, 0.1) is 5.41 Å². The molecule has 0 aliphatic carbocycles. The fourth-order valence-electron chi connectivity index (χ4n) is 3.82. The average molecular weight is 536 g/mol. The van der Waals surface area contributed by atoms with Crippen molar-refractivity contribution < 1.29 is 13.9 Å². The molecule has 3 aromatic rings. The Kier molecular flexibility index (Phi) is 10.3. The van der Waals surface area contributed by atoms with Gasteiger partial charge in [0.25, 0.3) is 0 Å². The Morgan fingerprint density at radius 2 is 1.97 bits per heavy atom. The lowest BCUT2D eigenvalue weighted by Gasteiger charge is -2.15. The number of aromatic nitrogens is 3. The van der Waals surface area contributed by atoms with Crippen molar-refractivity contribution in [2.24, 2.45) is 5.73 Å². The zero-order chi connectivity index (χ0) is 28.4. The van der Waals surface area contributed by atoms with Gasteiger partial charge in [-0.3, -0.25) is 15.2 Å². The molecule has 10 nitrogen and oxygen atoms in total. The van der Waals surface area contributed by atoms with E-state index in [4.69, 9.17) is 15.9 Å². The number of anilines is 2. The van der Waals surface area contributed by atoms with Crippen molar-refractivity contribution in [2.45, 2.75) is 39.3 Å². The van der Waals surface area contributed by atoms with Crippen LogP contribution < -0.4 is 22.1 Å². The smallest absolute Gasteiger partial charge is 0.348 e. The van der Waals surface area contributed by atoms with Gasteiger partial charge in [0.2, 0.25) is 5.91 Å². The molecule has 6 N–H and O–H groups in total. The van der Waals surface area contributed by atoms with Gasteiger partial charge >= 0.3 is 5.69 Å². The van der Waals surface area contributed by atoms with Crippen LogP contribution in [0.5, 0.6) is 0 Å². The predicted molar refractivity (Wildman–Crippen MR) is 151 cm³/mol. The highest BCUT2D eigenvalue weighted by atomic mass is 19.1. The standard InChI is InChI=1S/C28H34FN7O3/c1-4-20(17-18(2)39-16-15-29)9-14-24(33-22-12-10-21(11-13-22)26(30)31)27-34-28(38)36(35-27)25-8-6-5-7-23(25)32-19(3)37/h5-14,17-18,24,33H,4,15-16H2,1-3H3,(H3,30,31)(H,32,37)(H,34,35,38)/b14-9+,20-17-. The van der Waals surface area contributed by atoms with Crippen molar-refractivity contribution in [1.29, 1.82) is 5.41 Å². The van der Waals surface area contributed by atoms with Gasteiger partial charge in [-0.2, -0.15) is 4.68 Å². The third kappa shape index (κ3) is 8.24. The highest BCUT2D eigenvalue weighted by Gasteiger charge is 2.18. The molecule has 1 aromatic heterocycles. The first-order valence-electron chi connectivity index (χ1n) is 12.6. The number of H-pyrrole nitrogens is 1. The van der Waals surface area contributed by atoms with E-state index in [1.54, 1.807) is 48.5 Å². The summed E-state index contributed by atoms with van der Waals surface area (Å²) in [7, 11) is 0. The lowest BCUT2D eigenvalue weighted by atomic mass is 10.1. The summed E-state index contributed by atoms with van der Waals surface area (Å²) in [5, 5.41) is 18.2. The summed E-state index contributed by atoms with van der Waals surface area (Å²) in [6.07, 6.45) is 6.11. The van der Waals surface area contributed by atoms with Gasteiger partial charge in [-0.1, -0.05) is 37.3 Å². The van der Waals surface area contributed by atoms with Crippen molar-refractivity contribution >= 4 is 23.1 Å². The highest BCUT2D eigenvalue weighted by molar-refractivity contribution is 5.95. The van der Waals surface area contributed by atoms with Gasteiger partial charge in [0, 0.05) is 18.2 Å². The Hall–Kier alpha value is -4.51. The second kappa shape index (κ2) is 13.9. The zero-order valence-corrected chi connectivity index (χ0v) is 22.2. The molecule has 0 saturated heterocycles. The number of nitrogens with zero attached hydrogens (tertiary/aromatic N) is 2. The van der Waals surface area contributed by atoms with E-state index < -0.39 is 18.4 Å². The van der Waals surface area contributed by atoms with Crippen LogP contribution in [0.4, 0.5) is 15.8 Å². The van der Waals surface area contributed by atoms with Crippen molar-refractivity contribution in [3.8, 4) is 5.69 Å². The number of hydrogen-bond donors (Lipinski definition) is 5. The number of amidine groups is 1. The van der Waals surface area contributed by atoms with Crippen molar-refractivity contribution in [2.75, 3.05) is 23.9 Å². The molecule has 2 aromatic carbocycles. The minimum Gasteiger partial charge on any atom is -0.384 e. The van der Waals surface area contributed by atoms with Gasteiger partial charge in [0.05, 0.1) is 24.1 Å². The summed E-state index contributed by atoms with van der Waals surface area (Å²) in [6, 6.07) is 13.3. The number of alkyl halides is 1. The van der Waals surface area contributed by atoms with Crippen molar-refractivity contribution in [1.82, 2.24) is 14.8 Å². The molecule has 11 heteroatoms. The molecule has 0 bridgehead atoms. The van der Waals surface area contributed by atoms with Crippen LogP contribution in [0.25, 0.3) is 5.69 Å². The molecule has 0 saturated carbocycles. The number of benzene rings is 2. The maximum Gasteiger partial charge on any atom is 0.348 e. The molecule has 0 aliphatic rings. The van der Waals surface area contributed by atoms with Crippen LogP contribution >= 0.6 is 0 Å². The molecule has 3 rings (SSSR count). The quantitative estimate of drug-likeness (QED) is 0.126. The number of nitrogens with one attached hydrogen (secondary N) is 4. The Morgan fingerprint density at radius 1 is 1.26 bits per heavy atom. The van der Waals surface area contributed by atoms with Crippen LogP contribution in [0.15, 0.2) is 77.1 Å². The summed E-state index contributed by atoms with van der Waals surface area (Å²) in [5.74, 6) is 0.0220. The third-order valence-electron chi connectivity index (χ3n) is 5.71.